The van der Waals surface area contributed by atoms with Crippen LogP contribution in [0.1, 0.15) is 19.0 Å². The minimum atomic E-state index is 0.431. The summed E-state index contributed by atoms with van der Waals surface area (Å²) in [4.78, 5) is 11.0. The first-order valence-electron chi connectivity index (χ1n) is 5.57. The first-order valence-corrected chi connectivity index (χ1v) is 7.15. The number of thioether (sulfide) groups is 1. The van der Waals surface area contributed by atoms with Gasteiger partial charge in [0.25, 0.3) is 0 Å². The molecule has 1 aromatic rings. The molecule has 0 radical (unpaired) electrons. The lowest BCUT2D eigenvalue weighted by Gasteiger charge is -2.32. The van der Waals surface area contributed by atoms with Gasteiger partial charge in [-0.05, 0) is 6.42 Å². The number of rotatable bonds is 3. The molecule has 1 unspecified atom stereocenters. The molecule has 1 aliphatic rings. The van der Waals surface area contributed by atoms with Crippen LogP contribution in [0.2, 0.25) is 0 Å². The van der Waals surface area contributed by atoms with E-state index in [2.05, 4.69) is 33.6 Å². The highest BCUT2D eigenvalue weighted by atomic mass is 35.5. The summed E-state index contributed by atoms with van der Waals surface area (Å²) >= 11 is 7.82. The third-order valence-electron chi connectivity index (χ3n) is 2.73. The molecule has 1 atom stereocenters. The molecule has 2 rings (SSSR count). The number of anilines is 1. The van der Waals surface area contributed by atoms with Crippen LogP contribution in [0.4, 0.5) is 5.82 Å². The van der Waals surface area contributed by atoms with Crippen LogP contribution in [0.5, 0.6) is 0 Å². The summed E-state index contributed by atoms with van der Waals surface area (Å²) in [6.07, 6.45) is 4.77. The van der Waals surface area contributed by atoms with Crippen LogP contribution in [0.3, 0.4) is 0 Å². The van der Waals surface area contributed by atoms with Crippen LogP contribution < -0.4 is 4.90 Å². The van der Waals surface area contributed by atoms with Crippen LogP contribution in [-0.2, 0) is 5.88 Å². The Kier molecular flexibility index (Phi) is 4.29. The van der Waals surface area contributed by atoms with Gasteiger partial charge in [0.2, 0.25) is 0 Å². The van der Waals surface area contributed by atoms with Gasteiger partial charge in [-0.15, -0.1) is 11.6 Å². The van der Waals surface area contributed by atoms with Crippen molar-refractivity contribution in [3.63, 3.8) is 0 Å². The summed E-state index contributed by atoms with van der Waals surface area (Å²) in [7, 11) is 0. The number of nitrogens with zero attached hydrogens (tertiary/aromatic N) is 3. The molecule has 1 saturated heterocycles. The molecule has 0 spiro atoms. The Hall–Kier alpha value is -0.480. The summed E-state index contributed by atoms with van der Waals surface area (Å²) < 4.78 is 0. The van der Waals surface area contributed by atoms with Gasteiger partial charge in [-0.2, -0.15) is 11.8 Å². The second kappa shape index (κ2) is 5.73. The standard InChI is InChI=1S/C11H16ClN3S/c1-2-10-8-15(3-4-16-10)11-7-13-6-9(5-12)14-11/h6-7,10H,2-5,8H2,1H3. The Morgan fingerprint density at radius 2 is 2.44 bits per heavy atom. The van der Waals surface area contributed by atoms with Crippen molar-refractivity contribution in [3.05, 3.63) is 18.1 Å². The van der Waals surface area contributed by atoms with E-state index >= 15 is 0 Å². The fourth-order valence-corrected chi connectivity index (χ4v) is 3.09. The van der Waals surface area contributed by atoms with Gasteiger partial charge in [0.15, 0.2) is 0 Å². The van der Waals surface area contributed by atoms with Gasteiger partial charge in [-0.1, -0.05) is 6.92 Å². The molecule has 1 aliphatic heterocycles. The fraction of sp³-hybridized carbons (Fsp3) is 0.636. The third-order valence-corrected chi connectivity index (χ3v) is 4.37. The van der Waals surface area contributed by atoms with Gasteiger partial charge in [0.05, 0.1) is 17.8 Å². The Morgan fingerprint density at radius 3 is 3.19 bits per heavy atom. The lowest BCUT2D eigenvalue weighted by atomic mass is 10.3. The van der Waals surface area contributed by atoms with E-state index in [0.717, 1.165) is 29.9 Å². The molecule has 0 N–H and O–H groups in total. The van der Waals surface area contributed by atoms with Crippen molar-refractivity contribution >= 4 is 29.2 Å². The summed E-state index contributed by atoms with van der Waals surface area (Å²) in [6, 6.07) is 0. The van der Waals surface area contributed by atoms with E-state index in [0.29, 0.717) is 5.88 Å². The number of hydrogen-bond donors (Lipinski definition) is 0. The maximum absolute atomic E-state index is 5.77. The second-order valence-electron chi connectivity index (χ2n) is 3.85. The van der Waals surface area contributed by atoms with E-state index in [1.165, 1.54) is 12.2 Å². The predicted octanol–water partition coefficient (Wildman–Crippen LogP) is 2.55. The van der Waals surface area contributed by atoms with E-state index < -0.39 is 0 Å². The predicted molar refractivity (Wildman–Crippen MR) is 70.3 cm³/mol. The molecule has 0 amide bonds. The maximum atomic E-state index is 5.77. The molecule has 88 valence electrons. The summed E-state index contributed by atoms with van der Waals surface area (Å²) in [5.41, 5.74) is 0.852. The van der Waals surface area contributed by atoms with Gasteiger partial charge in [0.1, 0.15) is 5.82 Å². The zero-order valence-corrected chi connectivity index (χ0v) is 11.0. The monoisotopic (exact) mass is 257 g/mol. The van der Waals surface area contributed by atoms with E-state index in [1.54, 1.807) is 6.20 Å². The molecule has 5 heteroatoms. The maximum Gasteiger partial charge on any atom is 0.147 e. The van der Waals surface area contributed by atoms with Crippen LogP contribution in [0, 0.1) is 0 Å². The van der Waals surface area contributed by atoms with Crippen molar-refractivity contribution in [1.82, 2.24) is 9.97 Å². The Balaban J connectivity index is 2.10. The van der Waals surface area contributed by atoms with Crippen molar-refractivity contribution < 1.29 is 0 Å². The molecular weight excluding hydrogens is 242 g/mol. The number of alkyl halides is 1. The van der Waals surface area contributed by atoms with E-state index in [4.69, 9.17) is 11.6 Å². The van der Waals surface area contributed by atoms with Crippen LogP contribution in [0.15, 0.2) is 12.4 Å². The zero-order chi connectivity index (χ0) is 11.4. The Labute approximate surface area is 106 Å². The molecule has 1 fully saturated rings. The van der Waals surface area contributed by atoms with Gasteiger partial charge < -0.3 is 4.90 Å². The minimum absolute atomic E-state index is 0.431. The first-order chi connectivity index (χ1) is 7.83. The first kappa shape index (κ1) is 12.0. The Morgan fingerprint density at radius 1 is 1.56 bits per heavy atom. The molecule has 2 heterocycles. The quantitative estimate of drug-likeness (QED) is 0.779. The molecule has 3 nitrogen and oxygen atoms in total. The summed E-state index contributed by atoms with van der Waals surface area (Å²) in [5, 5.41) is 0.718. The highest BCUT2D eigenvalue weighted by molar-refractivity contribution is 8.00. The van der Waals surface area contributed by atoms with Gasteiger partial charge in [-0.25, -0.2) is 4.98 Å². The summed E-state index contributed by atoms with van der Waals surface area (Å²) in [5.74, 6) is 2.57. The van der Waals surface area contributed by atoms with Crippen LogP contribution in [-0.4, -0.2) is 34.1 Å². The van der Waals surface area contributed by atoms with E-state index in [1.807, 2.05) is 6.20 Å². The van der Waals surface area contributed by atoms with Crippen LogP contribution in [0.25, 0.3) is 0 Å². The topological polar surface area (TPSA) is 29.0 Å². The van der Waals surface area contributed by atoms with Gasteiger partial charge in [-0.3, -0.25) is 4.98 Å². The van der Waals surface area contributed by atoms with Crippen molar-refractivity contribution in [2.75, 3.05) is 23.7 Å². The molecular formula is C11H16ClN3S. The molecule has 16 heavy (non-hydrogen) atoms. The normalized spacial score (nSPS) is 21.1. The number of hydrogen-bond acceptors (Lipinski definition) is 4. The van der Waals surface area contributed by atoms with Crippen LogP contribution >= 0.6 is 23.4 Å². The van der Waals surface area contributed by atoms with E-state index in [9.17, 15) is 0 Å². The van der Waals surface area contributed by atoms with Gasteiger partial charge >= 0.3 is 0 Å². The molecule has 0 bridgehead atoms. The average molecular weight is 258 g/mol. The Bertz CT molecular complexity index is 348. The number of aromatic nitrogens is 2. The largest absolute Gasteiger partial charge is 0.353 e. The molecule has 1 aromatic heterocycles. The summed E-state index contributed by atoms with van der Waals surface area (Å²) in [6.45, 7) is 4.37. The molecule has 0 aromatic carbocycles. The SMILES string of the molecule is CCC1CN(c2cncc(CCl)n2)CCS1. The van der Waals surface area contributed by atoms with Crippen molar-refractivity contribution in [2.45, 2.75) is 24.5 Å². The minimum Gasteiger partial charge on any atom is -0.353 e. The van der Waals surface area contributed by atoms with Crippen molar-refractivity contribution in [1.29, 1.82) is 0 Å². The smallest absolute Gasteiger partial charge is 0.147 e. The zero-order valence-electron chi connectivity index (χ0n) is 9.40. The lowest BCUT2D eigenvalue weighted by Crippen LogP contribution is -2.38. The van der Waals surface area contributed by atoms with Crippen molar-refractivity contribution in [3.8, 4) is 0 Å². The third kappa shape index (κ3) is 2.80. The molecule has 0 saturated carbocycles. The van der Waals surface area contributed by atoms with Gasteiger partial charge in [0, 0.05) is 30.3 Å². The second-order valence-corrected chi connectivity index (χ2v) is 5.52. The molecule has 0 aliphatic carbocycles. The highest BCUT2D eigenvalue weighted by Crippen LogP contribution is 2.24. The lowest BCUT2D eigenvalue weighted by molar-refractivity contribution is 0.716. The van der Waals surface area contributed by atoms with Crippen molar-refractivity contribution in [2.24, 2.45) is 0 Å². The average Bonchev–Trinajstić information content (AvgIpc) is 2.39. The fourth-order valence-electron chi connectivity index (χ4n) is 1.79. The highest BCUT2D eigenvalue weighted by Gasteiger charge is 2.20. The van der Waals surface area contributed by atoms with E-state index in [-0.39, 0.29) is 0 Å². The number of halogens is 1.